The number of unbranched alkanes of at least 4 members (excludes halogenated alkanes) is 2. The molecule has 1 saturated carbocycles. The molecule has 0 unspecified atom stereocenters. The van der Waals surface area contributed by atoms with Gasteiger partial charge in [-0.3, -0.25) is 9.59 Å². The number of carbonyl (C=O) groups excluding carboxylic acids is 2. The van der Waals surface area contributed by atoms with Crippen LogP contribution in [0, 0.1) is 25.2 Å². The molecule has 0 spiro atoms. The largest absolute Gasteiger partial charge is 0.464 e. The standard InChI is InChI=1S/C19H31O4/c1-2-3-5-12-18(23-15-20)13-8-11-17(21)14-19(22)16-9-6-4-7-10-16/h8,11,13,15-16,18-19,22H,2-7,9-10,12,14H2,1H3/t18-,19-/m1/s1. The summed E-state index contributed by atoms with van der Waals surface area (Å²) in [5.41, 5.74) is 0. The molecule has 1 rings (SSSR count). The van der Waals surface area contributed by atoms with E-state index in [1.807, 2.05) is 0 Å². The Kier molecular flexibility index (Phi) is 11.0. The number of hydrogen-bond acceptors (Lipinski definition) is 4. The SMILES string of the molecule is CCCCC[C@H]([CH][CH][CH]C(=O)C[C@@H](O)C1CCCCC1)OC=O. The Balaban J connectivity index is 2.18. The Morgan fingerprint density at radius 2 is 2.00 bits per heavy atom. The summed E-state index contributed by atoms with van der Waals surface area (Å²) in [7, 11) is 0. The van der Waals surface area contributed by atoms with Crippen LogP contribution in [0.4, 0.5) is 0 Å². The Bertz CT molecular complexity index is 323. The summed E-state index contributed by atoms with van der Waals surface area (Å²) >= 11 is 0. The molecule has 1 aliphatic carbocycles. The van der Waals surface area contributed by atoms with Crippen molar-refractivity contribution in [3.05, 3.63) is 19.3 Å². The maximum absolute atomic E-state index is 11.9. The number of hydrogen-bond donors (Lipinski definition) is 1. The van der Waals surface area contributed by atoms with E-state index in [4.69, 9.17) is 4.74 Å². The van der Waals surface area contributed by atoms with Crippen LogP contribution in [0.5, 0.6) is 0 Å². The molecule has 0 bridgehead atoms. The van der Waals surface area contributed by atoms with Crippen molar-refractivity contribution in [2.75, 3.05) is 0 Å². The van der Waals surface area contributed by atoms with Gasteiger partial charge < -0.3 is 9.84 Å². The second-order valence-corrected chi connectivity index (χ2v) is 6.45. The summed E-state index contributed by atoms with van der Waals surface area (Å²) < 4.78 is 5.00. The lowest BCUT2D eigenvalue weighted by Crippen LogP contribution is -2.26. The third-order valence-corrected chi connectivity index (χ3v) is 4.53. The zero-order chi connectivity index (χ0) is 16.9. The third kappa shape index (κ3) is 9.09. The first-order valence-electron chi connectivity index (χ1n) is 8.99. The summed E-state index contributed by atoms with van der Waals surface area (Å²) in [6.45, 7) is 2.57. The molecule has 3 radical (unpaired) electrons. The number of rotatable bonds is 13. The second-order valence-electron chi connectivity index (χ2n) is 6.45. The van der Waals surface area contributed by atoms with Crippen LogP contribution in [0.15, 0.2) is 0 Å². The van der Waals surface area contributed by atoms with Gasteiger partial charge in [-0.1, -0.05) is 39.0 Å². The van der Waals surface area contributed by atoms with Crippen molar-refractivity contribution in [1.82, 2.24) is 0 Å². The Morgan fingerprint density at radius 3 is 2.65 bits per heavy atom. The fraction of sp³-hybridized carbons (Fsp3) is 0.737. The number of aliphatic hydroxyl groups excluding tert-OH is 1. The normalized spacial score (nSPS) is 18.3. The van der Waals surface area contributed by atoms with Gasteiger partial charge in [0.05, 0.1) is 6.10 Å². The van der Waals surface area contributed by atoms with E-state index in [2.05, 4.69) is 6.92 Å². The van der Waals surface area contributed by atoms with Crippen molar-refractivity contribution in [3.63, 3.8) is 0 Å². The second kappa shape index (κ2) is 12.5. The lowest BCUT2D eigenvalue weighted by atomic mass is 9.83. The molecule has 0 aromatic carbocycles. The molecule has 131 valence electrons. The van der Waals surface area contributed by atoms with E-state index in [9.17, 15) is 14.7 Å². The van der Waals surface area contributed by atoms with E-state index >= 15 is 0 Å². The number of ether oxygens (including phenoxy) is 1. The first-order valence-corrected chi connectivity index (χ1v) is 8.99. The van der Waals surface area contributed by atoms with Gasteiger partial charge >= 0.3 is 0 Å². The molecule has 0 amide bonds. The summed E-state index contributed by atoms with van der Waals surface area (Å²) in [6.07, 6.45) is 13.8. The van der Waals surface area contributed by atoms with Crippen LogP contribution in [-0.4, -0.2) is 29.6 Å². The minimum atomic E-state index is -0.529. The van der Waals surface area contributed by atoms with E-state index < -0.39 is 6.10 Å². The van der Waals surface area contributed by atoms with Gasteiger partial charge in [0.25, 0.3) is 6.47 Å². The number of Topliss-reactive ketones (excluding diaryl/α,β-unsaturated/α-hetero) is 1. The molecule has 2 atom stereocenters. The van der Waals surface area contributed by atoms with Gasteiger partial charge in [0.15, 0.2) is 0 Å². The lowest BCUT2D eigenvalue weighted by molar-refractivity contribution is -0.132. The third-order valence-electron chi connectivity index (χ3n) is 4.53. The molecule has 1 fully saturated rings. The summed E-state index contributed by atoms with van der Waals surface area (Å²) in [4.78, 5) is 22.4. The minimum Gasteiger partial charge on any atom is -0.464 e. The van der Waals surface area contributed by atoms with E-state index in [-0.39, 0.29) is 24.2 Å². The fourth-order valence-corrected chi connectivity index (χ4v) is 3.12. The predicted octanol–water partition coefficient (Wildman–Crippen LogP) is 3.62. The molecule has 0 heterocycles. The van der Waals surface area contributed by atoms with Crippen molar-refractivity contribution < 1.29 is 19.4 Å². The fourth-order valence-electron chi connectivity index (χ4n) is 3.12. The van der Waals surface area contributed by atoms with Crippen molar-refractivity contribution in [2.45, 2.75) is 83.3 Å². The van der Waals surface area contributed by atoms with Gasteiger partial charge in [-0.05, 0) is 38.0 Å². The Labute approximate surface area is 141 Å². The molecule has 23 heavy (non-hydrogen) atoms. The van der Waals surface area contributed by atoms with E-state index in [1.54, 1.807) is 12.8 Å². The number of ketones is 1. The molecule has 0 aliphatic heterocycles. The average molecular weight is 323 g/mol. The molecule has 4 nitrogen and oxygen atoms in total. The van der Waals surface area contributed by atoms with Gasteiger partial charge in [-0.25, -0.2) is 0 Å². The monoisotopic (exact) mass is 323 g/mol. The van der Waals surface area contributed by atoms with Gasteiger partial charge in [0, 0.05) is 19.3 Å². The quantitative estimate of drug-likeness (QED) is 0.415. The van der Waals surface area contributed by atoms with Crippen LogP contribution >= 0.6 is 0 Å². The van der Waals surface area contributed by atoms with Crippen molar-refractivity contribution in [3.8, 4) is 0 Å². The molecule has 1 aliphatic rings. The van der Waals surface area contributed by atoms with Gasteiger partial charge in [-0.15, -0.1) is 0 Å². The highest BCUT2D eigenvalue weighted by Gasteiger charge is 2.23. The molecule has 0 saturated heterocycles. The molecule has 0 aromatic heterocycles. The predicted molar refractivity (Wildman–Crippen MR) is 90.2 cm³/mol. The smallest absolute Gasteiger partial charge is 0.293 e. The summed E-state index contributed by atoms with van der Waals surface area (Å²) in [6, 6.07) is 0. The summed E-state index contributed by atoms with van der Waals surface area (Å²) in [5, 5.41) is 10.1. The van der Waals surface area contributed by atoms with E-state index in [0.717, 1.165) is 51.4 Å². The van der Waals surface area contributed by atoms with Crippen LogP contribution in [-0.2, 0) is 14.3 Å². The van der Waals surface area contributed by atoms with Crippen LogP contribution < -0.4 is 0 Å². The highest BCUT2D eigenvalue weighted by atomic mass is 16.5. The van der Waals surface area contributed by atoms with Crippen molar-refractivity contribution >= 4 is 12.3 Å². The molecule has 0 aromatic rings. The molecule has 4 heteroatoms. The Hall–Kier alpha value is -0.900. The first-order chi connectivity index (χ1) is 11.2. The van der Waals surface area contributed by atoms with Gasteiger partial charge in [-0.2, -0.15) is 0 Å². The minimum absolute atomic E-state index is 0.0715. The molecular weight excluding hydrogens is 292 g/mol. The molecular formula is C19H31O4. The number of carbonyl (C=O) groups is 2. The topological polar surface area (TPSA) is 63.6 Å². The maximum Gasteiger partial charge on any atom is 0.293 e. The average Bonchev–Trinajstić information content (AvgIpc) is 2.56. The zero-order valence-corrected chi connectivity index (χ0v) is 14.3. The van der Waals surface area contributed by atoms with Gasteiger partial charge in [0.2, 0.25) is 0 Å². The first kappa shape index (κ1) is 20.1. The lowest BCUT2D eigenvalue weighted by Gasteiger charge is -2.26. The number of aliphatic hydroxyl groups is 1. The van der Waals surface area contributed by atoms with Crippen molar-refractivity contribution in [2.24, 2.45) is 5.92 Å². The van der Waals surface area contributed by atoms with Crippen molar-refractivity contribution in [1.29, 1.82) is 0 Å². The highest BCUT2D eigenvalue weighted by molar-refractivity contribution is 5.89. The van der Waals surface area contributed by atoms with Crippen LogP contribution in [0.25, 0.3) is 0 Å². The van der Waals surface area contributed by atoms with Crippen LogP contribution in [0.2, 0.25) is 0 Å². The summed E-state index contributed by atoms with van der Waals surface area (Å²) in [5.74, 6) is 0.197. The highest BCUT2D eigenvalue weighted by Crippen LogP contribution is 2.28. The Morgan fingerprint density at radius 1 is 1.26 bits per heavy atom. The maximum atomic E-state index is 11.9. The van der Waals surface area contributed by atoms with E-state index in [0.29, 0.717) is 6.47 Å². The van der Waals surface area contributed by atoms with E-state index in [1.165, 1.54) is 12.8 Å². The van der Waals surface area contributed by atoms with Crippen LogP contribution in [0.3, 0.4) is 0 Å². The zero-order valence-electron chi connectivity index (χ0n) is 14.3. The molecule has 1 N–H and O–H groups in total. The van der Waals surface area contributed by atoms with Gasteiger partial charge in [0.1, 0.15) is 11.9 Å². The van der Waals surface area contributed by atoms with Crippen LogP contribution in [0.1, 0.15) is 71.1 Å².